The Labute approximate surface area is 554 Å². The van der Waals surface area contributed by atoms with Crippen molar-refractivity contribution in [1.29, 1.82) is 0 Å². The number of imidazole rings is 1. The molecule has 0 radical (unpaired) electrons. The molecule has 0 spiro atoms. The number of H-pyrrole nitrogens is 1. The van der Waals surface area contributed by atoms with Crippen molar-refractivity contribution in [2.45, 2.75) is 211 Å². The van der Waals surface area contributed by atoms with E-state index in [0.29, 0.717) is 61.2 Å². The maximum Gasteiger partial charge on any atom is 0.243 e. The number of likely N-dealkylation sites (N-methyl/N-ethyl adjacent to an activating group) is 1. The predicted octanol–water partition coefficient (Wildman–Crippen LogP) is 8.41. The minimum Gasteiger partial charge on any atom is -0.351 e. The van der Waals surface area contributed by atoms with E-state index >= 15 is 0 Å². The summed E-state index contributed by atoms with van der Waals surface area (Å²) in [6, 6.07) is 16.8. The fourth-order valence-corrected chi connectivity index (χ4v) is 17.1. The Balaban J connectivity index is 0.000000262. The van der Waals surface area contributed by atoms with Gasteiger partial charge in [0.15, 0.2) is 9.84 Å². The van der Waals surface area contributed by atoms with Gasteiger partial charge in [0.05, 0.1) is 45.6 Å². The van der Waals surface area contributed by atoms with Crippen LogP contribution in [-0.4, -0.2) is 150 Å². The number of nitrogens with zero attached hydrogens (tertiary/aromatic N) is 4. The largest absolute Gasteiger partial charge is 0.351 e. The molecule has 0 bridgehead atoms. The molecule has 3 heterocycles. The van der Waals surface area contributed by atoms with Crippen molar-refractivity contribution in [1.82, 2.24) is 45.4 Å². The highest BCUT2D eigenvalue weighted by Gasteiger charge is 2.41. The number of carbonyl (C=O) groups excluding carboxylic acids is 4. The number of carbonyl (C=O) groups is 4. The molecule has 4 amide bonds. The van der Waals surface area contributed by atoms with Gasteiger partial charge in [0.2, 0.25) is 33.7 Å². The summed E-state index contributed by atoms with van der Waals surface area (Å²) in [5.41, 5.74) is 18.3. The van der Waals surface area contributed by atoms with Gasteiger partial charge in [-0.2, -0.15) is 4.31 Å². The van der Waals surface area contributed by atoms with Crippen LogP contribution in [0.3, 0.4) is 0 Å². The SMILES string of the molecule is CC(C)C[C@H](N)[C@H](C)[C@H](CC1CCCCC1)NC(=O)[C@H](Cc1cscn1)NC(=O)[C@H](Cc1ccccc1)CS(=O)(=O)N1CCN(C)CC1.C[C@H]([C@H](CC1CCCCC1)NC(=O)[C@H](Cc1cnc[nH]1)NC(=O)[C@H](Cc1ccccc1)CS(=O)(=O)C(C)(C)C)[C@@H](N)C1CC1. The number of aromatic nitrogens is 3. The van der Waals surface area contributed by atoms with Crippen LogP contribution in [0, 0.1) is 47.3 Å². The zero-order valence-corrected chi connectivity index (χ0v) is 58.7. The van der Waals surface area contributed by atoms with Crippen molar-refractivity contribution >= 4 is 54.8 Å². The van der Waals surface area contributed by atoms with Crippen molar-refractivity contribution < 1.29 is 36.0 Å². The molecule has 4 aliphatic rings. The molecule has 512 valence electrons. The molecular weight excluding hydrogens is 1220 g/mol. The predicted molar refractivity (Wildman–Crippen MR) is 368 cm³/mol. The van der Waals surface area contributed by atoms with E-state index in [1.807, 2.05) is 73.1 Å². The van der Waals surface area contributed by atoms with Crippen molar-refractivity contribution in [2.75, 3.05) is 44.7 Å². The fourth-order valence-electron chi connectivity index (χ4n) is 13.5. The first-order valence-electron chi connectivity index (χ1n) is 34.3. The number of sulfonamides is 1. The lowest BCUT2D eigenvalue weighted by atomic mass is 9.79. The monoisotopic (exact) mass is 1330 g/mol. The highest BCUT2D eigenvalue weighted by Crippen LogP contribution is 2.38. The summed E-state index contributed by atoms with van der Waals surface area (Å²) in [7, 11) is -5.37. The molecule has 1 aliphatic heterocycles. The van der Waals surface area contributed by atoms with Crippen LogP contribution < -0.4 is 32.7 Å². The van der Waals surface area contributed by atoms with Gasteiger partial charge >= 0.3 is 0 Å². The van der Waals surface area contributed by atoms with Gasteiger partial charge in [-0.3, -0.25) is 19.2 Å². The van der Waals surface area contributed by atoms with Crippen LogP contribution in [0.1, 0.15) is 167 Å². The maximum absolute atomic E-state index is 14.2. The number of hydrogen-bond donors (Lipinski definition) is 7. The second-order valence-electron chi connectivity index (χ2n) is 28.9. The van der Waals surface area contributed by atoms with E-state index < -0.39 is 60.3 Å². The number of nitrogens with one attached hydrogen (secondary N) is 5. The van der Waals surface area contributed by atoms with Gasteiger partial charge in [-0.15, -0.1) is 11.3 Å². The lowest BCUT2D eigenvalue weighted by Crippen LogP contribution is -2.56. The summed E-state index contributed by atoms with van der Waals surface area (Å²) in [4.78, 5) is 70.1. The first-order chi connectivity index (χ1) is 43.7. The molecule has 2 aromatic carbocycles. The normalized spacial score (nSPS) is 20.0. The standard InChI is InChI=1S/C36H58N6O4S2.C34H53N5O4S/c1-26(2)19-32(37)27(3)33(21-29-13-9-6-10-14-29)39-36(44)34(22-31-23-47-25-38-31)40-35(43)30(20-28-11-7-5-8-12-28)24-48(45,46)42-17-15-41(4)16-18-42;1-23(31(35)26-15-16-26)29(18-25-13-9-6-10-14-25)38-33(41)30(19-28-20-36-22-37-28)39-32(40)27(17-24-11-7-5-8-12-24)21-44(42,43)34(2,3)4/h5,7-8,11-12,23,25-27,29-30,32-34H,6,9-10,13-22,24,37H2,1-4H3,(H,39,44)(H,40,43);5,7-8,11-12,20,22-23,25-27,29-31H,6,9-10,13-19,21,35H2,1-4H3,(H,36,37)(H,38,41)(H,39,40)/t27-,30+,32-,33-,34-;23-,27-,29+,30+,31-/m01/s1. The van der Waals surface area contributed by atoms with E-state index in [1.54, 1.807) is 38.8 Å². The van der Waals surface area contributed by atoms with Crippen molar-refractivity contribution in [3.63, 3.8) is 0 Å². The topological polar surface area (TPSA) is 285 Å². The van der Waals surface area contributed by atoms with Crippen LogP contribution in [0.2, 0.25) is 0 Å². The van der Waals surface area contributed by atoms with Crippen LogP contribution in [-0.2, 0) is 64.7 Å². The second-order valence-corrected chi connectivity index (χ2v) is 34.4. The summed E-state index contributed by atoms with van der Waals surface area (Å²) in [5, 5.41) is 14.5. The van der Waals surface area contributed by atoms with E-state index in [9.17, 15) is 36.0 Å². The van der Waals surface area contributed by atoms with Crippen molar-refractivity contribution in [3.05, 3.63) is 107 Å². The van der Waals surface area contributed by atoms with E-state index in [1.165, 1.54) is 54.2 Å². The van der Waals surface area contributed by atoms with Crippen LogP contribution in [0.4, 0.5) is 0 Å². The highest BCUT2D eigenvalue weighted by atomic mass is 32.2. The minimum atomic E-state index is -3.72. The molecule has 19 nitrogen and oxygen atoms in total. The maximum atomic E-state index is 14.2. The Morgan fingerprint density at radius 1 is 0.641 bits per heavy atom. The molecule has 22 heteroatoms. The number of nitrogens with two attached hydrogens (primary N) is 2. The first kappa shape index (κ1) is 74.3. The van der Waals surface area contributed by atoms with Gasteiger partial charge in [-0.25, -0.2) is 26.8 Å². The quantitative estimate of drug-likeness (QED) is 0.0242. The number of piperazine rings is 1. The third-order valence-electron chi connectivity index (χ3n) is 19.9. The summed E-state index contributed by atoms with van der Waals surface area (Å²) in [6.07, 6.45) is 21.0. The second kappa shape index (κ2) is 35.6. The van der Waals surface area contributed by atoms with Crippen LogP contribution >= 0.6 is 11.3 Å². The van der Waals surface area contributed by atoms with E-state index in [4.69, 9.17) is 11.5 Å². The smallest absolute Gasteiger partial charge is 0.243 e. The summed E-state index contributed by atoms with van der Waals surface area (Å²) >= 11 is 1.44. The van der Waals surface area contributed by atoms with Crippen molar-refractivity contribution in [2.24, 2.45) is 58.8 Å². The third kappa shape index (κ3) is 23.7. The third-order valence-corrected chi connectivity index (χ3v) is 25.2. The molecule has 4 aromatic rings. The van der Waals surface area contributed by atoms with Gasteiger partial charge in [0.1, 0.15) is 12.1 Å². The lowest BCUT2D eigenvalue weighted by molar-refractivity contribution is -0.131. The fraction of sp³-hybridized carbons (Fsp3) is 0.686. The molecular formula is C70H111N11O8S3. The number of hydrogen-bond acceptors (Lipinski definition) is 14. The van der Waals surface area contributed by atoms with Gasteiger partial charge in [-0.1, -0.05) is 153 Å². The number of aromatic amines is 1. The molecule has 92 heavy (non-hydrogen) atoms. The summed E-state index contributed by atoms with van der Waals surface area (Å²) in [6.45, 7) is 15.6. The minimum absolute atomic E-state index is 0.0161. The average Bonchev–Trinajstić information content (AvgIpc) is 1.04. The lowest BCUT2D eigenvalue weighted by Gasteiger charge is -2.35. The molecule has 8 rings (SSSR count). The number of rotatable bonds is 32. The molecule has 4 fully saturated rings. The molecule has 3 saturated carbocycles. The van der Waals surface area contributed by atoms with Gasteiger partial charge < -0.3 is 42.6 Å². The Morgan fingerprint density at radius 3 is 1.60 bits per heavy atom. The zero-order valence-electron chi connectivity index (χ0n) is 56.3. The Bertz CT molecular complexity index is 3070. The summed E-state index contributed by atoms with van der Waals surface area (Å²) < 4.78 is 54.3. The number of benzene rings is 2. The molecule has 9 N–H and O–H groups in total. The van der Waals surface area contributed by atoms with Gasteiger partial charge in [0.25, 0.3) is 0 Å². The molecule has 3 aliphatic carbocycles. The zero-order chi connectivity index (χ0) is 66.6. The Morgan fingerprint density at radius 2 is 1.14 bits per heavy atom. The number of thiazole rings is 1. The first-order valence-corrected chi connectivity index (χ1v) is 38.5. The Hall–Kier alpha value is -5.10. The molecule has 2 aromatic heterocycles. The highest BCUT2D eigenvalue weighted by molar-refractivity contribution is 7.92. The summed E-state index contributed by atoms with van der Waals surface area (Å²) in [5.74, 6) is -1.67. The Kier molecular flexibility index (Phi) is 28.7. The van der Waals surface area contributed by atoms with E-state index in [0.717, 1.165) is 68.9 Å². The van der Waals surface area contributed by atoms with Crippen LogP contribution in [0.25, 0.3) is 0 Å². The average molecular weight is 1330 g/mol. The number of sulfone groups is 1. The van der Waals surface area contributed by atoms with E-state index in [-0.39, 0.29) is 85.0 Å². The van der Waals surface area contributed by atoms with Gasteiger partial charge in [-0.05, 0) is 119 Å². The van der Waals surface area contributed by atoms with Crippen LogP contribution in [0.5, 0.6) is 0 Å². The molecule has 1 saturated heterocycles. The molecule has 10 atom stereocenters. The van der Waals surface area contributed by atoms with E-state index in [2.05, 4.69) is 68.8 Å². The van der Waals surface area contributed by atoms with Gasteiger partial charge in [0, 0.05) is 80.5 Å². The number of amides is 4. The van der Waals surface area contributed by atoms with Crippen LogP contribution in [0.15, 0.2) is 84.1 Å². The van der Waals surface area contributed by atoms with Crippen molar-refractivity contribution in [3.8, 4) is 0 Å². The molecule has 0 unspecified atom stereocenters.